The van der Waals surface area contributed by atoms with Crippen LogP contribution in [0.25, 0.3) is 0 Å². The lowest BCUT2D eigenvalue weighted by Crippen LogP contribution is -2.46. The van der Waals surface area contributed by atoms with Crippen LogP contribution in [-0.2, 0) is 14.9 Å². The summed E-state index contributed by atoms with van der Waals surface area (Å²) in [6.45, 7) is 4.38. The van der Waals surface area contributed by atoms with Gasteiger partial charge in [-0.25, -0.2) is 0 Å². The van der Waals surface area contributed by atoms with Gasteiger partial charge in [-0.1, -0.05) is 24.3 Å². The lowest BCUT2D eigenvalue weighted by atomic mass is 9.72. The molecular formula is C19H28N2O2. The van der Waals surface area contributed by atoms with Crippen molar-refractivity contribution in [1.29, 1.82) is 0 Å². The number of aryl methyl sites for hydroxylation is 1. The SMILES string of the molecule is Cc1ccccc1C1(CNC(=O)[C@H]2CC[C@H](N)C2)CCOCC1. The second-order valence-corrected chi connectivity index (χ2v) is 7.20. The Kier molecular flexibility index (Phi) is 5.02. The van der Waals surface area contributed by atoms with Crippen molar-refractivity contribution in [3.05, 3.63) is 35.4 Å². The molecule has 1 saturated heterocycles. The number of hydrogen-bond donors (Lipinski definition) is 2. The van der Waals surface area contributed by atoms with Gasteiger partial charge >= 0.3 is 0 Å². The quantitative estimate of drug-likeness (QED) is 0.896. The number of hydrogen-bond acceptors (Lipinski definition) is 3. The summed E-state index contributed by atoms with van der Waals surface area (Å²) in [7, 11) is 0. The third-order valence-electron chi connectivity index (χ3n) is 5.61. The Hall–Kier alpha value is -1.39. The maximum absolute atomic E-state index is 12.5. The topological polar surface area (TPSA) is 64.4 Å². The van der Waals surface area contributed by atoms with Gasteiger partial charge < -0.3 is 15.8 Å². The molecule has 0 unspecified atom stereocenters. The fourth-order valence-electron chi connectivity index (χ4n) is 4.13. The van der Waals surface area contributed by atoms with E-state index in [0.717, 1.165) is 45.3 Å². The molecule has 1 aromatic rings. The third kappa shape index (κ3) is 3.59. The number of carbonyl (C=O) groups is 1. The minimum Gasteiger partial charge on any atom is -0.381 e. The molecule has 1 aliphatic carbocycles. The summed E-state index contributed by atoms with van der Waals surface area (Å²) in [5, 5.41) is 3.23. The Morgan fingerprint density at radius 3 is 2.70 bits per heavy atom. The fourth-order valence-corrected chi connectivity index (χ4v) is 4.13. The number of benzene rings is 1. The van der Waals surface area contributed by atoms with Crippen LogP contribution in [0.15, 0.2) is 24.3 Å². The molecule has 1 aromatic carbocycles. The number of carbonyl (C=O) groups excluding carboxylic acids is 1. The van der Waals surface area contributed by atoms with Crippen LogP contribution in [0.4, 0.5) is 0 Å². The van der Waals surface area contributed by atoms with Crippen molar-refractivity contribution >= 4 is 5.91 Å². The fraction of sp³-hybridized carbons (Fsp3) is 0.632. The van der Waals surface area contributed by atoms with Gasteiger partial charge in [-0.3, -0.25) is 4.79 Å². The van der Waals surface area contributed by atoms with E-state index in [-0.39, 0.29) is 23.3 Å². The van der Waals surface area contributed by atoms with Crippen LogP contribution < -0.4 is 11.1 Å². The van der Waals surface area contributed by atoms with Crippen molar-refractivity contribution in [2.24, 2.45) is 11.7 Å². The van der Waals surface area contributed by atoms with Crippen molar-refractivity contribution < 1.29 is 9.53 Å². The van der Waals surface area contributed by atoms with E-state index >= 15 is 0 Å². The highest BCUT2D eigenvalue weighted by Gasteiger charge is 2.37. The summed E-state index contributed by atoms with van der Waals surface area (Å²) in [5.74, 6) is 0.274. The van der Waals surface area contributed by atoms with Gasteiger partial charge in [0.25, 0.3) is 0 Å². The molecule has 1 heterocycles. The van der Waals surface area contributed by atoms with Gasteiger partial charge in [0.05, 0.1) is 0 Å². The van der Waals surface area contributed by atoms with Crippen molar-refractivity contribution in [2.45, 2.75) is 50.5 Å². The van der Waals surface area contributed by atoms with E-state index in [1.165, 1.54) is 11.1 Å². The minimum atomic E-state index is -0.0000261. The molecule has 3 rings (SSSR count). The van der Waals surface area contributed by atoms with E-state index in [1.54, 1.807) is 0 Å². The molecule has 0 aromatic heterocycles. The standard InChI is InChI=1S/C19H28N2O2/c1-14-4-2-3-5-17(14)19(8-10-23-11-9-19)13-21-18(22)15-6-7-16(20)12-15/h2-5,15-16H,6-13,20H2,1H3,(H,21,22)/t15-,16-/m0/s1. The predicted octanol–water partition coefficient (Wildman–Crippen LogP) is 2.29. The molecule has 2 atom stereocenters. The van der Waals surface area contributed by atoms with E-state index in [0.29, 0.717) is 6.54 Å². The second kappa shape index (κ2) is 7.02. The number of ether oxygens (including phenoxy) is 1. The monoisotopic (exact) mass is 316 g/mol. The van der Waals surface area contributed by atoms with Gasteiger partial charge in [0.1, 0.15) is 0 Å². The second-order valence-electron chi connectivity index (χ2n) is 7.20. The number of nitrogens with one attached hydrogen (secondary N) is 1. The summed E-state index contributed by atoms with van der Waals surface area (Å²) in [6.07, 6.45) is 4.64. The molecule has 4 nitrogen and oxygen atoms in total. The summed E-state index contributed by atoms with van der Waals surface area (Å²) < 4.78 is 5.58. The van der Waals surface area contributed by atoms with Crippen molar-refractivity contribution in [3.8, 4) is 0 Å². The first-order valence-corrected chi connectivity index (χ1v) is 8.78. The zero-order chi connectivity index (χ0) is 16.3. The van der Waals surface area contributed by atoms with Gasteiger partial charge in [-0.05, 0) is 50.2 Å². The molecule has 4 heteroatoms. The average molecular weight is 316 g/mol. The first-order valence-electron chi connectivity index (χ1n) is 8.78. The molecule has 2 aliphatic rings. The zero-order valence-corrected chi connectivity index (χ0v) is 14.0. The van der Waals surface area contributed by atoms with E-state index in [2.05, 4.69) is 36.5 Å². The maximum Gasteiger partial charge on any atom is 0.223 e. The molecule has 1 saturated carbocycles. The first kappa shape index (κ1) is 16.5. The molecule has 1 aliphatic heterocycles. The largest absolute Gasteiger partial charge is 0.381 e. The summed E-state index contributed by atoms with van der Waals surface area (Å²) in [4.78, 5) is 12.5. The highest BCUT2D eigenvalue weighted by atomic mass is 16.5. The third-order valence-corrected chi connectivity index (χ3v) is 5.61. The first-order chi connectivity index (χ1) is 11.1. The van der Waals surface area contributed by atoms with E-state index in [1.807, 2.05) is 0 Å². The van der Waals surface area contributed by atoms with Crippen molar-refractivity contribution in [3.63, 3.8) is 0 Å². The molecule has 0 spiro atoms. The minimum absolute atomic E-state index is 0.0000261. The number of amides is 1. The molecule has 0 radical (unpaired) electrons. The lowest BCUT2D eigenvalue weighted by Gasteiger charge is -2.39. The lowest BCUT2D eigenvalue weighted by molar-refractivity contribution is -0.125. The van der Waals surface area contributed by atoms with Gasteiger partial charge in [0.2, 0.25) is 5.91 Å². The Labute approximate surface area is 138 Å². The molecule has 3 N–H and O–H groups in total. The van der Waals surface area contributed by atoms with Gasteiger partial charge in [-0.2, -0.15) is 0 Å². The van der Waals surface area contributed by atoms with Crippen LogP contribution in [0.2, 0.25) is 0 Å². The zero-order valence-electron chi connectivity index (χ0n) is 14.0. The number of rotatable bonds is 4. The van der Waals surface area contributed by atoms with Crippen LogP contribution in [-0.4, -0.2) is 31.7 Å². The van der Waals surface area contributed by atoms with Gasteiger partial charge in [0, 0.05) is 37.1 Å². The van der Waals surface area contributed by atoms with Crippen molar-refractivity contribution in [1.82, 2.24) is 5.32 Å². The van der Waals surface area contributed by atoms with E-state index < -0.39 is 0 Å². The Bertz CT molecular complexity index is 552. The molecule has 0 bridgehead atoms. The molecule has 1 amide bonds. The van der Waals surface area contributed by atoms with Crippen LogP contribution in [0.3, 0.4) is 0 Å². The van der Waals surface area contributed by atoms with Crippen LogP contribution in [0.1, 0.15) is 43.2 Å². The van der Waals surface area contributed by atoms with Crippen LogP contribution in [0.5, 0.6) is 0 Å². The van der Waals surface area contributed by atoms with E-state index in [9.17, 15) is 4.79 Å². The highest BCUT2D eigenvalue weighted by Crippen LogP contribution is 2.36. The summed E-state index contributed by atoms with van der Waals surface area (Å²) >= 11 is 0. The maximum atomic E-state index is 12.5. The summed E-state index contributed by atoms with van der Waals surface area (Å²) in [6, 6.07) is 8.73. The Balaban J connectivity index is 1.72. The summed E-state index contributed by atoms with van der Waals surface area (Å²) in [5.41, 5.74) is 8.59. The highest BCUT2D eigenvalue weighted by molar-refractivity contribution is 5.79. The average Bonchev–Trinajstić information content (AvgIpc) is 3.00. The Morgan fingerprint density at radius 1 is 1.30 bits per heavy atom. The van der Waals surface area contributed by atoms with Crippen molar-refractivity contribution in [2.75, 3.05) is 19.8 Å². The molecular weight excluding hydrogens is 288 g/mol. The predicted molar refractivity (Wildman–Crippen MR) is 91.2 cm³/mol. The molecule has 23 heavy (non-hydrogen) atoms. The molecule has 126 valence electrons. The van der Waals surface area contributed by atoms with Crippen LogP contribution >= 0.6 is 0 Å². The molecule has 2 fully saturated rings. The van der Waals surface area contributed by atoms with Gasteiger partial charge in [-0.15, -0.1) is 0 Å². The van der Waals surface area contributed by atoms with Crippen LogP contribution in [0, 0.1) is 12.8 Å². The Morgan fingerprint density at radius 2 is 2.04 bits per heavy atom. The smallest absolute Gasteiger partial charge is 0.223 e. The normalized spacial score (nSPS) is 26.9. The van der Waals surface area contributed by atoms with Gasteiger partial charge in [0.15, 0.2) is 0 Å². The van der Waals surface area contributed by atoms with E-state index in [4.69, 9.17) is 10.5 Å². The number of nitrogens with two attached hydrogens (primary N) is 1.